The van der Waals surface area contributed by atoms with Crippen LogP contribution in [0.25, 0.3) is 0 Å². The molecule has 2 saturated heterocycles. The van der Waals surface area contributed by atoms with E-state index in [1.165, 1.54) is 21.3 Å². The van der Waals surface area contributed by atoms with Crippen molar-refractivity contribution in [3.8, 4) is 5.75 Å². The molecule has 0 unspecified atom stereocenters. The molecule has 3 aliphatic heterocycles. The first-order valence-electron chi connectivity index (χ1n) is 8.11. The van der Waals surface area contributed by atoms with Crippen molar-refractivity contribution in [2.75, 3.05) is 44.3 Å². The number of piperazine rings is 1. The number of aliphatic hydroxyl groups excluding tert-OH is 1. The van der Waals surface area contributed by atoms with E-state index >= 15 is 0 Å². The summed E-state index contributed by atoms with van der Waals surface area (Å²) >= 11 is 0. The average molecular weight is 369 g/mol. The molecule has 0 aliphatic carbocycles. The number of amides is 1. The van der Waals surface area contributed by atoms with Gasteiger partial charge in [-0.05, 0) is 12.1 Å². The Bertz CT molecular complexity index is 792. The third-order valence-electron chi connectivity index (χ3n) is 4.70. The van der Waals surface area contributed by atoms with E-state index in [1.54, 1.807) is 6.07 Å². The van der Waals surface area contributed by atoms with Crippen molar-refractivity contribution < 1.29 is 27.8 Å². The smallest absolute Gasteiger partial charge is 0.415 e. The summed E-state index contributed by atoms with van der Waals surface area (Å²) in [4.78, 5) is 13.6. The van der Waals surface area contributed by atoms with Crippen molar-refractivity contribution >= 4 is 21.8 Å². The van der Waals surface area contributed by atoms with Gasteiger partial charge < -0.3 is 19.9 Å². The number of anilines is 1. The molecule has 0 aromatic heterocycles. The summed E-state index contributed by atoms with van der Waals surface area (Å²) in [5.74, 6) is 0.322. The Hall–Kier alpha value is -1.88. The lowest BCUT2D eigenvalue weighted by molar-refractivity contribution is 0.0733. The third-order valence-corrected chi connectivity index (χ3v) is 6.60. The molecule has 2 atom stereocenters. The van der Waals surface area contributed by atoms with Gasteiger partial charge in [-0.25, -0.2) is 13.2 Å². The highest BCUT2D eigenvalue weighted by Crippen LogP contribution is 2.40. The van der Waals surface area contributed by atoms with Crippen LogP contribution in [0, 0.1) is 0 Å². The first-order chi connectivity index (χ1) is 12.0. The van der Waals surface area contributed by atoms with Crippen LogP contribution >= 0.6 is 0 Å². The van der Waals surface area contributed by atoms with Crippen LogP contribution in [-0.2, 0) is 14.8 Å². The van der Waals surface area contributed by atoms with Crippen molar-refractivity contribution in [2.24, 2.45) is 0 Å². The number of hydrogen-bond donors (Lipinski definition) is 2. The first-order valence-corrected chi connectivity index (χ1v) is 9.55. The number of hydrogen-bond acceptors (Lipinski definition) is 7. The van der Waals surface area contributed by atoms with E-state index in [0.29, 0.717) is 37.6 Å². The van der Waals surface area contributed by atoms with Crippen LogP contribution in [0.1, 0.15) is 0 Å². The first kappa shape index (κ1) is 16.6. The van der Waals surface area contributed by atoms with E-state index < -0.39 is 28.3 Å². The molecule has 1 aromatic carbocycles. The minimum absolute atomic E-state index is 0.137. The normalized spacial score (nSPS) is 26.6. The number of carbonyl (C=O) groups excluding carboxylic acids is 1. The zero-order chi connectivity index (χ0) is 17.6. The van der Waals surface area contributed by atoms with Crippen LogP contribution in [0.3, 0.4) is 0 Å². The molecule has 1 aromatic rings. The minimum Gasteiger partial charge on any atom is -0.489 e. The molecular weight excluding hydrogens is 350 g/mol. The second kappa shape index (κ2) is 6.13. The number of ether oxygens (including phenoxy) is 2. The molecule has 2 N–H and O–H groups in total. The summed E-state index contributed by atoms with van der Waals surface area (Å²) in [6, 6.07) is 4.06. The van der Waals surface area contributed by atoms with E-state index in [0.717, 1.165) is 0 Å². The zero-order valence-corrected chi connectivity index (χ0v) is 14.2. The molecule has 3 aliphatic rings. The maximum absolute atomic E-state index is 12.8. The zero-order valence-electron chi connectivity index (χ0n) is 13.4. The molecular formula is C15H19N3O6S. The van der Waals surface area contributed by atoms with Crippen molar-refractivity contribution in [3.05, 3.63) is 18.2 Å². The number of carbonyl (C=O) groups is 1. The fourth-order valence-electron chi connectivity index (χ4n) is 3.36. The van der Waals surface area contributed by atoms with Crippen LogP contribution < -0.4 is 15.0 Å². The average Bonchev–Trinajstić information content (AvgIpc) is 2.98. The number of nitrogens with one attached hydrogen (secondary N) is 1. The lowest BCUT2D eigenvalue weighted by Crippen LogP contribution is -2.46. The Morgan fingerprint density at radius 1 is 1.28 bits per heavy atom. The lowest BCUT2D eigenvalue weighted by Gasteiger charge is -2.31. The van der Waals surface area contributed by atoms with Crippen molar-refractivity contribution in [1.82, 2.24) is 9.62 Å². The van der Waals surface area contributed by atoms with Crippen LogP contribution in [0.15, 0.2) is 23.1 Å². The van der Waals surface area contributed by atoms with Crippen molar-refractivity contribution in [2.45, 2.75) is 17.0 Å². The molecule has 2 fully saturated rings. The van der Waals surface area contributed by atoms with Crippen LogP contribution in [0.2, 0.25) is 0 Å². The molecule has 0 bridgehead atoms. The van der Waals surface area contributed by atoms with Gasteiger partial charge in [0.15, 0.2) is 6.10 Å². The predicted octanol–water partition coefficient (Wildman–Crippen LogP) is -0.641. The minimum atomic E-state index is -3.61. The SMILES string of the molecule is O=C1O[C@@H](CO)[C@H]2COc3cc(S(=O)(=O)N4CCNCC4)ccc3N12. The number of cyclic esters (lactones) is 1. The van der Waals surface area contributed by atoms with E-state index in [-0.39, 0.29) is 18.1 Å². The summed E-state index contributed by atoms with van der Waals surface area (Å²) in [6.07, 6.45) is -1.21. The van der Waals surface area contributed by atoms with Gasteiger partial charge in [0, 0.05) is 32.2 Å². The maximum Gasteiger partial charge on any atom is 0.415 e. The Kier molecular flexibility index (Phi) is 4.07. The van der Waals surface area contributed by atoms with Gasteiger partial charge in [0.2, 0.25) is 10.0 Å². The monoisotopic (exact) mass is 369 g/mol. The van der Waals surface area contributed by atoms with Crippen LogP contribution in [0.5, 0.6) is 5.75 Å². The summed E-state index contributed by atoms with van der Waals surface area (Å²) < 4.78 is 37.8. The van der Waals surface area contributed by atoms with Gasteiger partial charge in [-0.3, -0.25) is 4.90 Å². The topological polar surface area (TPSA) is 108 Å². The van der Waals surface area contributed by atoms with Gasteiger partial charge >= 0.3 is 6.09 Å². The summed E-state index contributed by atoms with van der Waals surface area (Å²) in [7, 11) is -3.61. The molecule has 0 spiro atoms. The second-order valence-corrected chi connectivity index (χ2v) is 8.07. The number of nitrogens with zero attached hydrogens (tertiary/aromatic N) is 2. The highest BCUT2D eigenvalue weighted by Gasteiger charge is 2.46. The van der Waals surface area contributed by atoms with E-state index in [2.05, 4.69) is 5.32 Å². The summed E-state index contributed by atoms with van der Waals surface area (Å²) in [6.45, 7) is 1.91. The Balaban J connectivity index is 1.67. The molecule has 10 heteroatoms. The standard InChI is InChI=1S/C15H19N3O6S/c19-8-14-12-9-23-13-7-10(1-2-11(13)18(12)15(20)24-14)25(21,22)17-5-3-16-4-6-17/h1-2,7,12,14,16,19H,3-6,8-9H2/t12-,14+/m1/s1. The predicted molar refractivity (Wildman–Crippen MR) is 87.2 cm³/mol. The van der Waals surface area contributed by atoms with Crippen molar-refractivity contribution in [3.63, 3.8) is 0 Å². The Morgan fingerprint density at radius 2 is 2.04 bits per heavy atom. The Labute approximate surface area is 145 Å². The van der Waals surface area contributed by atoms with Gasteiger partial charge in [-0.15, -0.1) is 0 Å². The van der Waals surface area contributed by atoms with Crippen molar-refractivity contribution in [1.29, 1.82) is 0 Å². The second-order valence-electron chi connectivity index (χ2n) is 6.14. The largest absolute Gasteiger partial charge is 0.489 e. The fraction of sp³-hybridized carbons (Fsp3) is 0.533. The highest BCUT2D eigenvalue weighted by atomic mass is 32.2. The third kappa shape index (κ3) is 2.65. The molecule has 3 heterocycles. The molecule has 0 saturated carbocycles. The summed E-state index contributed by atoms with van der Waals surface area (Å²) in [5, 5.41) is 12.4. The maximum atomic E-state index is 12.8. The van der Waals surface area contributed by atoms with Crippen LogP contribution in [-0.4, -0.2) is 75.5 Å². The molecule has 9 nitrogen and oxygen atoms in total. The molecule has 136 valence electrons. The van der Waals surface area contributed by atoms with Crippen LogP contribution in [0.4, 0.5) is 10.5 Å². The lowest BCUT2D eigenvalue weighted by atomic mass is 10.1. The fourth-order valence-corrected chi connectivity index (χ4v) is 4.82. The molecule has 1 amide bonds. The number of sulfonamides is 1. The van der Waals surface area contributed by atoms with Gasteiger partial charge in [-0.2, -0.15) is 4.31 Å². The van der Waals surface area contributed by atoms with E-state index in [4.69, 9.17) is 9.47 Å². The van der Waals surface area contributed by atoms with Gasteiger partial charge in [0.1, 0.15) is 18.4 Å². The summed E-state index contributed by atoms with van der Waals surface area (Å²) in [5.41, 5.74) is 0.455. The molecule has 0 radical (unpaired) electrons. The number of aliphatic hydroxyl groups is 1. The number of rotatable bonds is 3. The number of fused-ring (bicyclic) bond motifs is 3. The number of benzene rings is 1. The van der Waals surface area contributed by atoms with E-state index in [9.17, 15) is 18.3 Å². The van der Waals surface area contributed by atoms with Gasteiger partial charge in [0.05, 0.1) is 17.2 Å². The molecule has 25 heavy (non-hydrogen) atoms. The van der Waals surface area contributed by atoms with Gasteiger partial charge in [0.25, 0.3) is 0 Å². The van der Waals surface area contributed by atoms with E-state index in [1.807, 2.05) is 0 Å². The molecule has 4 rings (SSSR count). The highest BCUT2D eigenvalue weighted by molar-refractivity contribution is 7.89. The Morgan fingerprint density at radius 3 is 2.76 bits per heavy atom. The quantitative estimate of drug-likeness (QED) is 0.729. The van der Waals surface area contributed by atoms with Gasteiger partial charge in [-0.1, -0.05) is 0 Å².